The molecule has 0 aliphatic heterocycles. The Hall–Kier alpha value is -2.69. The molecule has 0 saturated carbocycles. The van der Waals surface area contributed by atoms with E-state index in [1.54, 1.807) is 18.2 Å². The van der Waals surface area contributed by atoms with Crippen LogP contribution < -0.4 is 9.04 Å². The second-order valence-corrected chi connectivity index (χ2v) is 11.9. The van der Waals surface area contributed by atoms with Gasteiger partial charge >= 0.3 is 7.82 Å². The monoisotopic (exact) mass is 580 g/mol. The molecule has 0 radical (unpaired) electrons. The largest absolute Gasteiger partial charge is 0.497 e. The van der Waals surface area contributed by atoms with Gasteiger partial charge in [0.05, 0.1) is 30.8 Å². The molecule has 0 spiro atoms. The van der Waals surface area contributed by atoms with Gasteiger partial charge in [-0.15, -0.1) is 0 Å². The molecule has 3 rings (SSSR count). The van der Waals surface area contributed by atoms with Gasteiger partial charge in [0, 0.05) is 18.1 Å². The highest BCUT2D eigenvalue weighted by Gasteiger charge is 2.28. The van der Waals surface area contributed by atoms with Gasteiger partial charge < -0.3 is 14.5 Å². The van der Waals surface area contributed by atoms with Crippen LogP contribution in [-0.4, -0.2) is 57.0 Å². The number of rotatable bonds is 13. The summed E-state index contributed by atoms with van der Waals surface area (Å²) in [6.07, 6.45) is 3.96. The van der Waals surface area contributed by atoms with Gasteiger partial charge in [0.15, 0.2) is 0 Å². The molecule has 0 saturated heterocycles. The number of anilines is 1. The third kappa shape index (κ3) is 8.68. The summed E-state index contributed by atoms with van der Waals surface area (Å²) in [5.41, 5.74) is 2.10. The Labute approximate surface area is 228 Å². The molecule has 3 aromatic carbocycles. The summed E-state index contributed by atoms with van der Waals surface area (Å²) in [6.45, 7) is 0.183. The summed E-state index contributed by atoms with van der Waals surface area (Å²) in [7, 11) is -5.51. The lowest BCUT2D eigenvalue weighted by atomic mass is 10.1. The van der Waals surface area contributed by atoms with E-state index in [0.29, 0.717) is 35.1 Å². The highest BCUT2D eigenvalue weighted by molar-refractivity contribution is 7.92. The number of methoxy groups -OCH3 is 1. The summed E-state index contributed by atoms with van der Waals surface area (Å²) in [4.78, 5) is 20.2. The number of hydrogen-bond donors (Lipinski definition) is 2. The number of phosphoric acid groups is 1. The number of ether oxygens (including phenoxy) is 1. The Morgan fingerprint density at radius 2 is 1.66 bits per heavy atom. The Kier molecular flexibility index (Phi) is 10.5. The molecule has 2 N–H and O–H groups in total. The van der Waals surface area contributed by atoms with Gasteiger partial charge in [-0.05, 0) is 60.6 Å². The van der Waals surface area contributed by atoms with Gasteiger partial charge in [0.1, 0.15) is 5.75 Å². The third-order valence-corrected chi connectivity index (χ3v) is 8.10. The molecular weight excluding hydrogens is 551 g/mol. The van der Waals surface area contributed by atoms with Crippen molar-refractivity contribution in [3.05, 3.63) is 95.0 Å². The van der Waals surface area contributed by atoms with Crippen LogP contribution in [0.2, 0.25) is 5.02 Å². The minimum atomic E-state index is -4.79. The van der Waals surface area contributed by atoms with Crippen molar-refractivity contribution in [2.75, 3.05) is 38.2 Å². The van der Waals surface area contributed by atoms with E-state index >= 15 is 0 Å². The highest BCUT2D eigenvalue weighted by Crippen LogP contribution is 2.36. The lowest BCUT2D eigenvalue weighted by molar-refractivity contribution is 0.202. The van der Waals surface area contributed by atoms with Crippen LogP contribution >= 0.6 is 19.4 Å². The molecule has 0 aliphatic carbocycles. The van der Waals surface area contributed by atoms with Crippen molar-refractivity contribution in [2.24, 2.45) is 0 Å². The average molecular weight is 581 g/mol. The van der Waals surface area contributed by atoms with Crippen molar-refractivity contribution in [1.29, 1.82) is 0 Å². The first-order valence-corrected chi connectivity index (χ1v) is 14.9. The first-order valence-electron chi connectivity index (χ1n) is 11.5. The number of halogens is 1. The van der Waals surface area contributed by atoms with E-state index in [1.807, 2.05) is 54.4 Å². The molecule has 38 heavy (non-hydrogen) atoms. The minimum absolute atomic E-state index is 0.00327. The Balaban J connectivity index is 1.86. The van der Waals surface area contributed by atoms with Gasteiger partial charge in [-0.25, -0.2) is 13.0 Å². The van der Waals surface area contributed by atoms with Crippen LogP contribution in [0, 0.1) is 0 Å². The van der Waals surface area contributed by atoms with Crippen molar-refractivity contribution in [3.8, 4) is 5.75 Å². The molecule has 0 amide bonds. The van der Waals surface area contributed by atoms with Crippen LogP contribution in [0.15, 0.2) is 83.8 Å². The molecular formula is C26H30ClN2O7PS. The van der Waals surface area contributed by atoms with E-state index in [0.717, 1.165) is 9.87 Å². The van der Waals surface area contributed by atoms with Crippen LogP contribution in [0.25, 0.3) is 6.08 Å². The lowest BCUT2D eigenvalue weighted by Crippen LogP contribution is -2.35. The minimum Gasteiger partial charge on any atom is -0.497 e. The Bertz CT molecular complexity index is 1380. The molecule has 0 heterocycles. The van der Waals surface area contributed by atoms with Gasteiger partial charge in [-0.3, -0.25) is 13.7 Å². The molecule has 0 atom stereocenters. The van der Waals surface area contributed by atoms with Gasteiger partial charge in [-0.1, -0.05) is 54.1 Å². The smallest absolute Gasteiger partial charge is 0.469 e. The number of benzene rings is 3. The first kappa shape index (κ1) is 29.9. The van der Waals surface area contributed by atoms with Gasteiger partial charge in [0.2, 0.25) is 0 Å². The summed E-state index contributed by atoms with van der Waals surface area (Å²) in [6, 6.07) is 20.3. The van der Waals surface area contributed by atoms with Crippen molar-refractivity contribution < 1.29 is 32.0 Å². The van der Waals surface area contributed by atoms with Gasteiger partial charge in [0.25, 0.3) is 10.0 Å². The maximum absolute atomic E-state index is 13.7. The van der Waals surface area contributed by atoms with E-state index in [2.05, 4.69) is 4.52 Å². The second-order valence-electron chi connectivity index (χ2n) is 8.36. The fourth-order valence-electron chi connectivity index (χ4n) is 3.67. The SMILES string of the molecule is COc1ccc(S(=O)(=O)N(CCOP(=O)(O)O)c2ccccc2CN(C)CC=Cc2ccc(Cl)cc2)cc1. The fraction of sp³-hybridized carbons (Fsp3) is 0.231. The number of likely N-dealkylation sites (N-methyl/N-ethyl adjacent to an activating group) is 1. The normalized spacial score (nSPS) is 12.3. The number of phosphoric ester groups is 1. The summed E-state index contributed by atoms with van der Waals surface area (Å²) in [5, 5.41) is 0.663. The summed E-state index contributed by atoms with van der Waals surface area (Å²) < 4.78 is 49.4. The lowest BCUT2D eigenvalue weighted by Gasteiger charge is -2.28. The Morgan fingerprint density at radius 3 is 2.29 bits per heavy atom. The summed E-state index contributed by atoms with van der Waals surface area (Å²) >= 11 is 5.93. The summed E-state index contributed by atoms with van der Waals surface area (Å²) in [5.74, 6) is 0.494. The molecule has 0 unspecified atom stereocenters. The number of para-hydroxylation sites is 1. The predicted molar refractivity (Wildman–Crippen MR) is 149 cm³/mol. The van der Waals surface area contributed by atoms with Crippen molar-refractivity contribution in [2.45, 2.75) is 11.4 Å². The van der Waals surface area contributed by atoms with E-state index < -0.39 is 24.5 Å². The van der Waals surface area contributed by atoms with Crippen molar-refractivity contribution in [1.82, 2.24) is 4.90 Å². The second kappa shape index (κ2) is 13.4. The predicted octanol–water partition coefficient (Wildman–Crippen LogP) is 4.80. The maximum Gasteiger partial charge on any atom is 0.469 e. The van der Waals surface area contributed by atoms with E-state index in [-0.39, 0.29) is 11.4 Å². The molecule has 12 heteroatoms. The third-order valence-electron chi connectivity index (χ3n) is 5.50. The van der Waals surface area contributed by atoms with E-state index in [9.17, 15) is 13.0 Å². The zero-order valence-electron chi connectivity index (χ0n) is 21.0. The molecule has 0 aliphatic rings. The zero-order chi connectivity index (χ0) is 27.8. The number of nitrogens with zero attached hydrogens (tertiary/aromatic N) is 2. The zero-order valence-corrected chi connectivity index (χ0v) is 23.4. The molecule has 0 aromatic heterocycles. The maximum atomic E-state index is 13.7. The fourth-order valence-corrected chi connectivity index (χ4v) is 5.61. The highest BCUT2D eigenvalue weighted by atomic mass is 35.5. The quantitative estimate of drug-likeness (QED) is 0.277. The molecule has 0 fully saturated rings. The van der Waals surface area contributed by atoms with Crippen LogP contribution in [0.3, 0.4) is 0 Å². The first-order chi connectivity index (χ1) is 18.0. The van der Waals surface area contributed by atoms with Gasteiger partial charge in [-0.2, -0.15) is 0 Å². The topological polar surface area (TPSA) is 117 Å². The van der Waals surface area contributed by atoms with Crippen molar-refractivity contribution in [3.63, 3.8) is 0 Å². The number of sulfonamides is 1. The molecule has 3 aromatic rings. The van der Waals surface area contributed by atoms with Crippen molar-refractivity contribution >= 4 is 41.2 Å². The average Bonchev–Trinajstić information content (AvgIpc) is 2.88. The molecule has 9 nitrogen and oxygen atoms in total. The van der Waals surface area contributed by atoms with E-state index in [4.69, 9.17) is 26.1 Å². The molecule has 204 valence electrons. The molecule has 0 bridgehead atoms. The van der Waals surface area contributed by atoms with Crippen LogP contribution in [0.1, 0.15) is 11.1 Å². The standard InChI is InChI=1S/C26H30ClN2O7PS/c1-28(17-5-6-21-9-11-23(27)12-10-21)20-22-7-3-4-8-26(22)29(18-19-36-37(30,31)32)38(33,34)25-15-13-24(35-2)14-16-25/h3-16H,17-20H2,1-2H3,(H2,30,31,32). The van der Waals surface area contributed by atoms with Crippen LogP contribution in [-0.2, 0) is 25.7 Å². The number of hydrogen-bond acceptors (Lipinski definition) is 6. The van der Waals surface area contributed by atoms with E-state index in [1.165, 1.54) is 31.4 Å². The Morgan fingerprint density at radius 1 is 1.00 bits per heavy atom. The van der Waals surface area contributed by atoms with Crippen LogP contribution in [0.4, 0.5) is 5.69 Å². The van der Waals surface area contributed by atoms with Crippen LogP contribution in [0.5, 0.6) is 5.75 Å².